The Morgan fingerprint density at radius 3 is 2.30 bits per heavy atom. The first-order valence-corrected chi connectivity index (χ1v) is 23.1. The Kier molecular flexibility index (Phi) is 16.5. The molecule has 61 heavy (non-hydrogen) atoms. The summed E-state index contributed by atoms with van der Waals surface area (Å²) in [5.41, 5.74) is 0.717. The zero-order valence-corrected chi connectivity index (χ0v) is 38.7. The van der Waals surface area contributed by atoms with E-state index in [4.69, 9.17) is 42.6 Å². The average Bonchev–Trinajstić information content (AvgIpc) is 3.80. The van der Waals surface area contributed by atoms with E-state index in [0.29, 0.717) is 23.7 Å². The Labute approximate surface area is 364 Å². The number of allylic oxidation sites excluding steroid dienone is 5. The molecule has 13 nitrogen and oxygen atoms in total. The average molecular weight is 859 g/mol. The number of hydrogen-bond donors (Lipinski definition) is 0. The quantitative estimate of drug-likeness (QED) is 0.0844. The summed E-state index contributed by atoms with van der Waals surface area (Å²) in [6, 6.07) is 0.103. The second-order valence-corrected chi connectivity index (χ2v) is 19.4. The first-order valence-electron chi connectivity index (χ1n) is 23.1. The molecule has 0 aromatic carbocycles. The molecule has 1 saturated carbocycles. The second kappa shape index (κ2) is 21.0. The molecule has 9 unspecified atom stereocenters. The van der Waals surface area contributed by atoms with Gasteiger partial charge in [-0.25, -0.2) is 0 Å². The first kappa shape index (κ1) is 48.0. The lowest BCUT2D eigenvalue weighted by Gasteiger charge is -2.44. The fourth-order valence-electron chi connectivity index (χ4n) is 11.2. The third-order valence-corrected chi connectivity index (χ3v) is 14.6. The highest BCUT2D eigenvalue weighted by Crippen LogP contribution is 2.54. The minimum atomic E-state index is -0.621. The predicted molar refractivity (Wildman–Crippen MR) is 228 cm³/mol. The lowest BCUT2D eigenvalue weighted by Crippen LogP contribution is -2.59. The number of likely N-dealkylation sites (N-methyl/N-ethyl adjacent to an activating group) is 1. The van der Waals surface area contributed by atoms with E-state index in [0.717, 1.165) is 37.7 Å². The second-order valence-electron chi connectivity index (χ2n) is 19.4. The van der Waals surface area contributed by atoms with Crippen LogP contribution in [0.1, 0.15) is 99.3 Å². The standard InChI is InChI=1S/C48H76NO12/c1-12-13-15-32-16-14-17-40(61-42-21-20-39(29(5)57-42)49(7,8)26-56-47(52)27(2)3)28(4)43(51)38-24-36-34(37(38)25-41(50)59-32)19-18-31-22-33(23-35(31)36)60-48-46(55-11)45(54-10)44(53-9)30(6)58-48/h13,15,18-19,24,27-37,39-40,42,44-46,48H,12,14,16-17,20-23,25-26H2,1-11H3/q+1/b15-13+/t28-,29?,30?,31-,32+,33-,34-,35-,36-,37?,39?,40+,42?,44?,45?,46?,48?/m1/s1. The normalized spacial score (nSPS) is 41.0. The number of quaternary nitrogens is 1. The van der Waals surface area contributed by atoms with Crippen molar-refractivity contribution >= 4 is 17.7 Å². The van der Waals surface area contributed by atoms with Gasteiger partial charge < -0.3 is 42.6 Å². The largest absolute Gasteiger partial charge is 0.458 e. The van der Waals surface area contributed by atoms with Gasteiger partial charge in [0.15, 0.2) is 18.4 Å². The Hall–Kier alpha value is -2.49. The van der Waals surface area contributed by atoms with E-state index in [1.807, 2.05) is 33.8 Å². The topological polar surface area (TPSA) is 134 Å². The third kappa shape index (κ3) is 10.9. The summed E-state index contributed by atoms with van der Waals surface area (Å²) in [4.78, 5) is 41.0. The highest BCUT2D eigenvalue weighted by Gasteiger charge is 2.53. The molecule has 344 valence electrons. The first-order chi connectivity index (χ1) is 29.1. The molecule has 17 atom stereocenters. The number of ether oxygens (including phenoxy) is 9. The van der Waals surface area contributed by atoms with E-state index >= 15 is 0 Å². The molecule has 3 heterocycles. The van der Waals surface area contributed by atoms with E-state index < -0.39 is 30.7 Å². The summed E-state index contributed by atoms with van der Waals surface area (Å²) in [7, 11) is 9.09. The maximum Gasteiger partial charge on any atom is 0.312 e. The number of rotatable bonds is 13. The predicted octanol–water partition coefficient (Wildman–Crippen LogP) is 6.72. The summed E-state index contributed by atoms with van der Waals surface area (Å²) in [6.07, 6.45) is 13.4. The highest BCUT2D eigenvalue weighted by molar-refractivity contribution is 5.99. The van der Waals surface area contributed by atoms with Gasteiger partial charge in [0.25, 0.3) is 0 Å². The van der Waals surface area contributed by atoms with Crippen LogP contribution in [0.3, 0.4) is 0 Å². The molecule has 3 aliphatic carbocycles. The number of methoxy groups -OCH3 is 3. The van der Waals surface area contributed by atoms with Crippen LogP contribution in [0.25, 0.3) is 0 Å². The molecular formula is C48H76NO12+. The Balaban J connectivity index is 1.19. The number of hydrogen-bond acceptors (Lipinski definition) is 12. The molecule has 4 fully saturated rings. The van der Waals surface area contributed by atoms with E-state index in [2.05, 4.69) is 52.2 Å². The number of carbonyl (C=O) groups excluding carboxylic acids is 3. The van der Waals surface area contributed by atoms with Gasteiger partial charge in [0.05, 0.1) is 44.7 Å². The van der Waals surface area contributed by atoms with Crippen molar-refractivity contribution in [1.29, 1.82) is 0 Å². The van der Waals surface area contributed by atoms with Gasteiger partial charge in [-0.1, -0.05) is 52.0 Å². The molecule has 6 rings (SSSR count). The van der Waals surface area contributed by atoms with Crippen molar-refractivity contribution in [3.8, 4) is 0 Å². The number of ketones is 1. The Bertz CT molecular complexity index is 1590. The lowest BCUT2D eigenvalue weighted by molar-refractivity contribution is -0.936. The SMILES string of the molecule is CC/C=C/[C@H]1CCC[C@H](OC2CCC([N+](C)(C)COC(=O)C(C)C)C(C)O2)[C@@H](C)C(=O)C2=C[C@H]3[C@@H]4C[C@H](OC5OC(C)C(OC)C(OC)C5OC)C[C@H]4C=C[C@H]3C2CC(=O)O1. The van der Waals surface area contributed by atoms with Gasteiger partial charge in [0, 0.05) is 46.0 Å². The number of esters is 2. The monoisotopic (exact) mass is 859 g/mol. The van der Waals surface area contributed by atoms with Crippen molar-refractivity contribution in [2.75, 3.05) is 42.2 Å². The summed E-state index contributed by atoms with van der Waals surface area (Å²) in [6.45, 7) is 12.0. The van der Waals surface area contributed by atoms with E-state index in [-0.39, 0.29) is 109 Å². The summed E-state index contributed by atoms with van der Waals surface area (Å²) in [5, 5.41) is 0. The van der Waals surface area contributed by atoms with E-state index in [9.17, 15) is 14.4 Å². The highest BCUT2D eigenvalue weighted by atomic mass is 16.7. The van der Waals surface area contributed by atoms with Crippen LogP contribution in [0.5, 0.6) is 0 Å². The number of carbonyl (C=O) groups is 3. The molecule has 0 aromatic heterocycles. The van der Waals surface area contributed by atoms with Crippen LogP contribution < -0.4 is 0 Å². The van der Waals surface area contributed by atoms with Gasteiger partial charge in [-0.15, -0.1) is 0 Å². The zero-order valence-electron chi connectivity index (χ0n) is 38.7. The van der Waals surface area contributed by atoms with Crippen LogP contribution in [0.15, 0.2) is 36.0 Å². The number of Topliss-reactive ketones (excluding diaryl/α,β-unsaturated/α-hetero) is 1. The zero-order chi connectivity index (χ0) is 44.2. The minimum absolute atomic E-state index is 0.00981. The molecule has 6 aliphatic rings. The summed E-state index contributed by atoms with van der Waals surface area (Å²) >= 11 is 0. The van der Waals surface area contributed by atoms with Crippen LogP contribution >= 0.6 is 0 Å². The number of cyclic esters (lactones) is 1. The van der Waals surface area contributed by atoms with Gasteiger partial charge in [-0.05, 0) is 87.7 Å². The molecule has 0 N–H and O–H groups in total. The van der Waals surface area contributed by atoms with Crippen molar-refractivity contribution in [2.24, 2.45) is 41.4 Å². The summed E-state index contributed by atoms with van der Waals surface area (Å²) in [5.74, 6) is -0.827. The molecule has 3 aliphatic heterocycles. The van der Waals surface area contributed by atoms with Crippen molar-refractivity contribution < 1.29 is 61.5 Å². The van der Waals surface area contributed by atoms with Gasteiger partial charge in [0.2, 0.25) is 6.73 Å². The Morgan fingerprint density at radius 2 is 1.62 bits per heavy atom. The van der Waals surface area contributed by atoms with Crippen LogP contribution in [0.4, 0.5) is 0 Å². The van der Waals surface area contributed by atoms with E-state index in [1.165, 1.54) is 0 Å². The van der Waals surface area contributed by atoms with Crippen molar-refractivity contribution in [1.82, 2.24) is 0 Å². The van der Waals surface area contributed by atoms with Crippen molar-refractivity contribution in [3.05, 3.63) is 36.0 Å². The van der Waals surface area contributed by atoms with Crippen LogP contribution in [-0.4, -0.2) is 132 Å². The maximum atomic E-state index is 14.9. The van der Waals surface area contributed by atoms with Gasteiger partial charge >= 0.3 is 11.9 Å². The molecular weight excluding hydrogens is 783 g/mol. The van der Waals surface area contributed by atoms with Gasteiger partial charge in [-0.3, -0.25) is 18.9 Å². The van der Waals surface area contributed by atoms with Gasteiger partial charge in [0.1, 0.15) is 36.6 Å². The maximum absolute atomic E-state index is 14.9. The van der Waals surface area contributed by atoms with Crippen LogP contribution in [-0.2, 0) is 57.0 Å². The summed E-state index contributed by atoms with van der Waals surface area (Å²) < 4.78 is 56.2. The molecule has 0 aromatic rings. The molecule has 0 amide bonds. The lowest BCUT2D eigenvalue weighted by atomic mass is 9.70. The smallest absolute Gasteiger partial charge is 0.312 e. The van der Waals surface area contributed by atoms with Crippen LogP contribution in [0.2, 0.25) is 0 Å². The number of nitrogens with zero attached hydrogens (tertiary/aromatic N) is 1. The fraction of sp³-hybridized carbons (Fsp3) is 0.812. The van der Waals surface area contributed by atoms with Crippen molar-refractivity contribution in [2.45, 2.75) is 167 Å². The minimum Gasteiger partial charge on any atom is -0.458 e. The van der Waals surface area contributed by atoms with E-state index in [1.54, 1.807) is 21.3 Å². The number of fused-ring (bicyclic) bond motifs is 5. The van der Waals surface area contributed by atoms with Crippen LogP contribution in [0, 0.1) is 41.4 Å². The molecule has 3 saturated heterocycles. The molecule has 0 bridgehead atoms. The third-order valence-electron chi connectivity index (χ3n) is 14.6. The molecule has 13 heteroatoms. The molecule has 0 spiro atoms. The fourth-order valence-corrected chi connectivity index (χ4v) is 11.2. The molecule has 0 radical (unpaired) electrons. The van der Waals surface area contributed by atoms with Crippen molar-refractivity contribution in [3.63, 3.8) is 0 Å². The Morgan fingerprint density at radius 1 is 0.885 bits per heavy atom. The van der Waals surface area contributed by atoms with Gasteiger partial charge in [-0.2, -0.15) is 0 Å².